The van der Waals surface area contributed by atoms with Gasteiger partial charge in [0.1, 0.15) is 24.7 Å². The van der Waals surface area contributed by atoms with E-state index >= 15 is 0 Å². The molecule has 0 fully saturated rings. The van der Waals surface area contributed by atoms with Crippen molar-refractivity contribution in [2.75, 3.05) is 13.2 Å². The number of nitriles is 2. The Bertz CT molecular complexity index is 1060. The zero-order valence-corrected chi connectivity index (χ0v) is 21.8. The van der Waals surface area contributed by atoms with Crippen molar-refractivity contribution < 1.29 is 9.47 Å². The Balaban J connectivity index is 1.57. The number of hydrogen-bond acceptors (Lipinski definition) is 4. The van der Waals surface area contributed by atoms with Crippen molar-refractivity contribution in [1.82, 2.24) is 0 Å². The van der Waals surface area contributed by atoms with E-state index in [1.807, 2.05) is 48.5 Å². The van der Waals surface area contributed by atoms with Crippen molar-refractivity contribution in [3.05, 3.63) is 72.8 Å². The van der Waals surface area contributed by atoms with E-state index < -0.39 is 0 Å². The normalized spacial score (nSPS) is 12.6. The highest BCUT2D eigenvalue weighted by Gasteiger charge is 2.12. The zero-order valence-electron chi connectivity index (χ0n) is 21.8. The average Bonchev–Trinajstić information content (AvgIpc) is 2.89. The number of ether oxygens (including phenoxy) is 2. The third-order valence-corrected chi connectivity index (χ3v) is 6.04. The molecule has 4 nitrogen and oxygen atoms in total. The quantitative estimate of drug-likeness (QED) is 0.262. The van der Waals surface area contributed by atoms with E-state index in [2.05, 4.69) is 64.1 Å². The van der Waals surface area contributed by atoms with Gasteiger partial charge in [-0.15, -0.1) is 0 Å². The molecule has 0 radical (unpaired) electrons. The molecule has 0 heterocycles. The maximum atomic E-state index is 9.30. The highest BCUT2D eigenvalue weighted by Crippen LogP contribution is 2.28. The second-order valence-corrected chi connectivity index (χ2v) is 10.2. The first kappa shape index (κ1) is 26.8. The van der Waals surface area contributed by atoms with Gasteiger partial charge in [-0.2, -0.15) is 10.5 Å². The molecule has 36 heavy (non-hydrogen) atoms. The second-order valence-electron chi connectivity index (χ2n) is 10.2. The van der Waals surface area contributed by atoms with Gasteiger partial charge in [0.05, 0.1) is 24.0 Å². The fourth-order valence-corrected chi connectivity index (χ4v) is 4.19. The van der Waals surface area contributed by atoms with E-state index in [1.54, 1.807) is 0 Å². The Labute approximate surface area is 216 Å². The molecule has 0 unspecified atom stereocenters. The van der Waals surface area contributed by atoms with Gasteiger partial charge in [0.25, 0.3) is 0 Å². The van der Waals surface area contributed by atoms with E-state index in [0.29, 0.717) is 25.0 Å². The van der Waals surface area contributed by atoms with E-state index in [0.717, 1.165) is 46.6 Å². The van der Waals surface area contributed by atoms with Crippen LogP contribution in [0.4, 0.5) is 0 Å². The molecule has 3 aromatic rings. The molecule has 0 aliphatic carbocycles. The van der Waals surface area contributed by atoms with Gasteiger partial charge in [0, 0.05) is 0 Å². The van der Waals surface area contributed by atoms with Crippen molar-refractivity contribution in [3.8, 4) is 45.9 Å². The van der Waals surface area contributed by atoms with Gasteiger partial charge in [0.15, 0.2) is 0 Å². The maximum absolute atomic E-state index is 9.30. The third-order valence-electron chi connectivity index (χ3n) is 6.04. The lowest BCUT2D eigenvalue weighted by Gasteiger charge is -2.13. The zero-order chi connectivity index (χ0) is 25.9. The summed E-state index contributed by atoms with van der Waals surface area (Å²) in [6.45, 7) is 9.32. The van der Waals surface area contributed by atoms with Crippen molar-refractivity contribution in [2.24, 2.45) is 23.7 Å². The first-order chi connectivity index (χ1) is 17.4. The van der Waals surface area contributed by atoms with Crippen molar-refractivity contribution in [3.63, 3.8) is 0 Å². The molecule has 0 saturated carbocycles. The predicted octanol–water partition coefficient (Wildman–Crippen LogP) is 8.15. The molecule has 2 atom stereocenters. The van der Waals surface area contributed by atoms with Crippen LogP contribution in [-0.2, 0) is 0 Å². The Morgan fingerprint density at radius 2 is 0.806 bits per heavy atom. The Morgan fingerprint density at radius 1 is 0.528 bits per heavy atom. The summed E-state index contributed by atoms with van der Waals surface area (Å²) in [5, 5.41) is 18.6. The molecule has 0 bridgehead atoms. The minimum Gasteiger partial charge on any atom is -0.492 e. The Morgan fingerprint density at radius 3 is 1.06 bits per heavy atom. The predicted molar refractivity (Wildman–Crippen MR) is 145 cm³/mol. The molecule has 3 rings (SSSR count). The van der Waals surface area contributed by atoms with Crippen LogP contribution < -0.4 is 9.47 Å². The number of benzene rings is 3. The Hall–Kier alpha value is -3.76. The lowest BCUT2D eigenvalue weighted by Crippen LogP contribution is -2.12. The molecule has 0 aliphatic heterocycles. The van der Waals surface area contributed by atoms with Crippen LogP contribution in [0, 0.1) is 46.3 Å². The van der Waals surface area contributed by atoms with Gasteiger partial charge in [-0.1, -0.05) is 76.2 Å². The largest absolute Gasteiger partial charge is 0.492 e. The fraction of sp³-hybridized carbons (Fsp3) is 0.375. The van der Waals surface area contributed by atoms with Crippen molar-refractivity contribution >= 4 is 0 Å². The molecule has 0 aromatic heterocycles. The molecule has 186 valence electrons. The van der Waals surface area contributed by atoms with Gasteiger partial charge in [-0.05, 0) is 71.2 Å². The Kier molecular flexibility index (Phi) is 9.96. The smallest absolute Gasteiger partial charge is 0.119 e. The fourth-order valence-electron chi connectivity index (χ4n) is 4.19. The van der Waals surface area contributed by atoms with E-state index in [1.165, 1.54) is 0 Å². The highest BCUT2D eigenvalue weighted by molar-refractivity contribution is 5.71. The number of rotatable bonds is 12. The van der Waals surface area contributed by atoms with Crippen molar-refractivity contribution in [1.29, 1.82) is 10.5 Å². The summed E-state index contributed by atoms with van der Waals surface area (Å²) < 4.78 is 11.7. The second kappa shape index (κ2) is 13.4. The van der Waals surface area contributed by atoms with Crippen LogP contribution in [0.2, 0.25) is 0 Å². The molecule has 0 aliphatic rings. The lowest BCUT2D eigenvalue weighted by atomic mass is 9.99. The summed E-state index contributed by atoms with van der Waals surface area (Å²) in [7, 11) is 0. The monoisotopic (exact) mass is 480 g/mol. The number of nitrogens with zero attached hydrogens (tertiary/aromatic N) is 2. The topological polar surface area (TPSA) is 66.0 Å². The van der Waals surface area contributed by atoms with Crippen LogP contribution in [-0.4, -0.2) is 13.2 Å². The van der Waals surface area contributed by atoms with Crippen LogP contribution in [0.3, 0.4) is 0 Å². The van der Waals surface area contributed by atoms with Crippen LogP contribution in [0.5, 0.6) is 11.5 Å². The van der Waals surface area contributed by atoms with E-state index in [-0.39, 0.29) is 11.8 Å². The molecule has 0 N–H and O–H groups in total. The van der Waals surface area contributed by atoms with Gasteiger partial charge < -0.3 is 9.47 Å². The summed E-state index contributed by atoms with van der Waals surface area (Å²) in [6, 6.07) is 29.2. The summed E-state index contributed by atoms with van der Waals surface area (Å²) in [4.78, 5) is 0. The first-order valence-corrected chi connectivity index (χ1v) is 12.7. The molecular weight excluding hydrogens is 444 g/mol. The minimum absolute atomic E-state index is 0.0859. The molecule has 0 amide bonds. The first-order valence-electron chi connectivity index (χ1n) is 12.7. The summed E-state index contributed by atoms with van der Waals surface area (Å²) in [5.41, 5.74) is 4.50. The molecular formula is C32H36N2O2. The van der Waals surface area contributed by atoms with E-state index in [4.69, 9.17) is 9.47 Å². The SMILES string of the molecule is CC(C)C[C@@H](C#N)COc1ccc(-c2ccc(-c3ccc(OC[C@H](C#N)CC(C)C)cc3)cc2)cc1. The third kappa shape index (κ3) is 8.17. The maximum Gasteiger partial charge on any atom is 0.119 e. The van der Waals surface area contributed by atoms with Crippen LogP contribution in [0.1, 0.15) is 40.5 Å². The standard InChI is InChI=1S/C32H36N2O2/c1-23(2)17-25(19-33)21-35-31-13-9-29(10-14-31)27-5-7-28(8-6-27)30-11-15-32(16-12-30)36-22-26(20-34)18-24(3)4/h5-16,23-26H,17-18,21-22H2,1-4H3/t25-,26-/m0/s1. The van der Waals surface area contributed by atoms with Gasteiger partial charge in [-0.25, -0.2) is 0 Å². The van der Waals surface area contributed by atoms with Crippen LogP contribution >= 0.6 is 0 Å². The average molecular weight is 481 g/mol. The molecule has 3 aromatic carbocycles. The lowest BCUT2D eigenvalue weighted by molar-refractivity contribution is 0.260. The van der Waals surface area contributed by atoms with Gasteiger partial charge >= 0.3 is 0 Å². The van der Waals surface area contributed by atoms with Gasteiger partial charge in [-0.3, -0.25) is 0 Å². The summed E-state index contributed by atoms with van der Waals surface area (Å²) in [5.74, 6) is 2.35. The molecule has 4 heteroatoms. The summed E-state index contributed by atoms with van der Waals surface area (Å²) in [6.07, 6.45) is 1.69. The molecule has 0 spiro atoms. The minimum atomic E-state index is -0.0859. The summed E-state index contributed by atoms with van der Waals surface area (Å²) >= 11 is 0. The molecule has 0 saturated heterocycles. The highest BCUT2D eigenvalue weighted by atomic mass is 16.5. The van der Waals surface area contributed by atoms with Crippen molar-refractivity contribution in [2.45, 2.75) is 40.5 Å². The number of hydrogen-bond donors (Lipinski definition) is 0. The van der Waals surface area contributed by atoms with Crippen LogP contribution in [0.25, 0.3) is 22.3 Å². The van der Waals surface area contributed by atoms with Crippen LogP contribution in [0.15, 0.2) is 72.8 Å². The van der Waals surface area contributed by atoms with Gasteiger partial charge in [0.2, 0.25) is 0 Å². The van der Waals surface area contributed by atoms with E-state index in [9.17, 15) is 10.5 Å².